The zero-order valence-electron chi connectivity index (χ0n) is 73.2. The van der Waals surface area contributed by atoms with Crippen LogP contribution in [0.1, 0.15) is 26.3 Å². The first-order chi connectivity index (χ1) is 64.7. The molecule has 0 atom stereocenters. The van der Waals surface area contributed by atoms with Crippen LogP contribution in [-0.4, -0.2) is 15.8 Å². The van der Waals surface area contributed by atoms with Gasteiger partial charge in [0.15, 0.2) is 0 Å². The predicted molar refractivity (Wildman–Crippen MR) is 554 cm³/mol. The molecular formula is C126H91BN4. The van der Waals surface area contributed by atoms with Gasteiger partial charge in [-0.05, 0) is 177 Å². The molecule has 0 amide bonds. The van der Waals surface area contributed by atoms with Crippen molar-refractivity contribution in [3.63, 3.8) is 0 Å². The lowest BCUT2D eigenvalue weighted by Crippen LogP contribution is -2.61. The molecule has 2 aliphatic rings. The van der Waals surface area contributed by atoms with Gasteiger partial charge in [0, 0.05) is 78.6 Å². The number of hydrogen-bond donors (Lipinski definition) is 0. The number of hydrogen-bond acceptors (Lipinski definition) is 2. The second-order valence-electron chi connectivity index (χ2n) is 35.3. The standard InChI is InChI=1S/C126H91BN4/c1-126(2,3)102-82-113-119-114(83-102)131(125-107(90-54-26-8-27-55-90)80-101(87-48-20-5-21-49-87)81-108(125)91-56-28-9-29-57-91)112-85-104(129-122(98-70-42-16-43-71-98)117(94-62-34-12-35-63-94)118(95-64-36-13-37-65-95)123(129)99-72-44-17-45-73-99)75-77-110(112)127(119)109-76-74-103(84-111(109)130(113)124-105(88-50-22-6-23-51-88)78-100(86-46-18-4-19-47-86)79-106(124)89-52-24-7-25-53-89)128-120(96-66-38-14-39-67-96)115(92-58-30-10-31-59-92)116(93-60-32-11-33-61-93)121(128)97-68-40-15-41-69-97/h4-85H,1-3H3. The zero-order chi connectivity index (χ0) is 87.5. The van der Waals surface area contributed by atoms with E-state index >= 15 is 0 Å². The highest BCUT2D eigenvalue weighted by atomic mass is 15.2. The van der Waals surface area contributed by atoms with Gasteiger partial charge in [-0.1, -0.05) is 458 Å². The van der Waals surface area contributed by atoms with E-state index in [2.05, 4.69) is 537 Å². The van der Waals surface area contributed by atoms with Gasteiger partial charge in [-0.15, -0.1) is 0 Å². The van der Waals surface area contributed by atoms with Crippen LogP contribution in [0.5, 0.6) is 0 Å². The summed E-state index contributed by atoms with van der Waals surface area (Å²) in [5.41, 5.74) is 43.8. The van der Waals surface area contributed by atoms with Crippen molar-refractivity contribution in [2.75, 3.05) is 9.80 Å². The largest absolute Gasteiger partial charge is 0.310 e. The third-order valence-corrected chi connectivity index (χ3v) is 26.4. The van der Waals surface area contributed by atoms with Crippen LogP contribution in [0.25, 0.3) is 168 Å². The average molecular weight is 1670 g/mol. The molecule has 0 fully saturated rings. The Kier molecular flexibility index (Phi) is 20.3. The summed E-state index contributed by atoms with van der Waals surface area (Å²) in [5, 5.41) is 0. The minimum Gasteiger partial charge on any atom is -0.310 e. The van der Waals surface area contributed by atoms with Crippen LogP contribution in [0.3, 0.4) is 0 Å². The van der Waals surface area contributed by atoms with Crippen molar-refractivity contribution in [1.82, 2.24) is 9.13 Å². The average Bonchev–Trinajstić information content (AvgIpc) is 0.953. The topological polar surface area (TPSA) is 16.3 Å². The summed E-state index contributed by atoms with van der Waals surface area (Å²) < 4.78 is 5.23. The van der Waals surface area contributed by atoms with E-state index in [1.54, 1.807) is 0 Å². The molecule has 0 aliphatic carbocycles. The molecule has 0 unspecified atom stereocenters. The summed E-state index contributed by atoms with van der Waals surface area (Å²) >= 11 is 0. The number of nitrogens with zero attached hydrogens (tertiary/aromatic N) is 4. The first-order valence-electron chi connectivity index (χ1n) is 45.5. The Morgan fingerprint density at radius 2 is 0.389 bits per heavy atom. The number of anilines is 6. The van der Waals surface area contributed by atoms with E-state index in [1.807, 2.05) is 0 Å². The molecule has 2 aromatic heterocycles. The molecule has 0 radical (unpaired) electrons. The SMILES string of the molecule is CC(C)(C)c1cc2c3c(c1)N(c1c(-c4ccccc4)cc(-c4ccccc4)cc1-c1ccccc1)c1cc(-n4c(-c5ccccc5)c(-c5ccccc5)c(-c5ccccc5)c4-c4ccccc4)ccc1B3c1ccc(-n3c(-c4ccccc4)c(-c4ccccc4)c(-c4ccccc4)c3-c3ccccc3)cc1N2c1c(-c2ccccc2)cc(-c2ccccc2)cc1-c1ccccc1. The van der Waals surface area contributed by atoms with Crippen LogP contribution in [0.4, 0.5) is 34.1 Å². The minimum absolute atomic E-state index is 0.402. The third kappa shape index (κ3) is 14.1. The molecule has 0 bridgehead atoms. The Labute approximate surface area is 767 Å². The molecule has 4 heterocycles. The Hall–Kier alpha value is -16.6. The van der Waals surface area contributed by atoms with E-state index in [1.165, 1.54) is 11.0 Å². The molecule has 0 saturated carbocycles. The molecule has 21 aromatic rings. The van der Waals surface area contributed by atoms with Gasteiger partial charge < -0.3 is 18.9 Å². The van der Waals surface area contributed by atoms with Gasteiger partial charge >= 0.3 is 0 Å². The Balaban J connectivity index is 0.923. The summed E-state index contributed by atoms with van der Waals surface area (Å²) in [6, 6.07) is 186. The molecular weight excluding hydrogens is 1580 g/mol. The molecule has 0 saturated heterocycles. The van der Waals surface area contributed by atoms with Crippen molar-refractivity contribution >= 4 is 57.2 Å². The summed E-state index contributed by atoms with van der Waals surface area (Å²) in [7, 11) is 0. The lowest BCUT2D eigenvalue weighted by molar-refractivity contribution is 0.590. The number of fused-ring (bicyclic) bond motifs is 4. The maximum atomic E-state index is 2.74. The fourth-order valence-corrected chi connectivity index (χ4v) is 20.5. The maximum absolute atomic E-state index is 2.74. The van der Waals surface area contributed by atoms with Crippen LogP contribution in [0.2, 0.25) is 0 Å². The molecule has 131 heavy (non-hydrogen) atoms. The van der Waals surface area contributed by atoms with E-state index in [-0.39, 0.29) is 0 Å². The molecule has 4 nitrogen and oxygen atoms in total. The van der Waals surface area contributed by atoms with Crippen molar-refractivity contribution in [1.29, 1.82) is 0 Å². The van der Waals surface area contributed by atoms with Gasteiger partial charge in [0.05, 0.1) is 34.2 Å². The molecule has 5 heteroatoms. The van der Waals surface area contributed by atoms with Crippen molar-refractivity contribution in [3.05, 3.63) is 503 Å². The summed E-state index contributed by atoms with van der Waals surface area (Å²) in [6.07, 6.45) is 0. The van der Waals surface area contributed by atoms with E-state index in [0.717, 1.165) is 213 Å². The van der Waals surface area contributed by atoms with Crippen LogP contribution in [-0.2, 0) is 5.41 Å². The van der Waals surface area contributed by atoms with Gasteiger partial charge in [-0.3, -0.25) is 0 Å². The summed E-state index contributed by atoms with van der Waals surface area (Å²) in [5.74, 6) is 0. The van der Waals surface area contributed by atoms with E-state index in [0.29, 0.717) is 0 Å². The Morgan fingerprint density at radius 1 is 0.183 bits per heavy atom. The van der Waals surface area contributed by atoms with Crippen LogP contribution >= 0.6 is 0 Å². The van der Waals surface area contributed by atoms with Gasteiger partial charge in [0.2, 0.25) is 0 Å². The Morgan fingerprint density at radius 3 is 0.611 bits per heavy atom. The van der Waals surface area contributed by atoms with Crippen LogP contribution in [0.15, 0.2) is 497 Å². The first-order valence-corrected chi connectivity index (χ1v) is 45.5. The molecule has 2 aliphatic heterocycles. The van der Waals surface area contributed by atoms with E-state index in [4.69, 9.17) is 0 Å². The highest BCUT2D eigenvalue weighted by Gasteiger charge is 2.47. The highest BCUT2D eigenvalue weighted by Crippen LogP contribution is 2.59. The quantitative estimate of drug-likeness (QED) is 0.0796. The Bertz CT molecular complexity index is 6990. The van der Waals surface area contributed by atoms with Gasteiger partial charge in [0.1, 0.15) is 0 Å². The fourth-order valence-electron chi connectivity index (χ4n) is 20.5. The monoisotopic (exact) mass is 1670 g/mol. The van der Waals surface area contributed by atoms with Crippen molar-refractivity contribution in [2.24, 2.45) is 0 Å². The van der Waals surface area contributed by atoms with Crippen LogP contribution < -0.4 is 26.2 Å². The highest BCUT2D eigenvalue weighted by molar-refractivity contribution is 7.00. The number of aromatic nitrogens is 2. The second-order valence-corrected chi connectivity index (χ2v) is 35.3. The van der Waals surface area contributed by atoms with Crippen LogP contribution in [0, 0.1) is 0 Å². The van der Waals surface area contributed by atoms with Crippen molar-refractivity contribution < 1.29 is 0 Å². The predicted octanol–water partition coefficient (Wildman–Crippen LogP) is 32.0. The van der Waals surface area contributed by atoms with Gasteiger partial charge in [-0.2, -0.15) is 0 Å². The molecule has 19 aromatic carbocycles. The van der Waals surface area contributed by atoms with E-state index < -0.39 is 12.1 Å². The normalized spacial score (nSPS) is 12.0. The third-order valence-electron chi connectivity index (χ3n) is 26.4. The number of benzene rings is 19. The zero-order valence-corrected chi connectivity index (χ0v) is 73.2. The first kappa shape index (κ1) is 79.1. The van der Waals surface area contributed by atoms with Gasteiger partial charge in [0.25, 0.3) is 6.71 Å². The molecule has 23 rings (SSSR count). The molecule has 0 spiro atoms. The number of rotatable bonds is 18. The molecule has 0 N–H and O–H groups in total. The summed E-state index contributed by atoms with van der Waals surface area (Å²) in [6.45, 7) is 6.82. The van der Waals surface area contributed by atoms with Crippen molar-refractivity contribution in [2.45, 2.75) is 26.2 Å². The second kappa shape index (κ2) is 33.6. The minimum atomic E-state index is -0.448. The summed E-state index contributed by atoms with van der Waals surface area (Å²) in [4.78, 5) is 5.49. The molecule has 618 valence electrons. The van der Waals surface area contributed by atoms with Gasteiger partial charge in [-0.25, -0.2) is 0 Å². The van der Waals surface area contributed by atoms with E-state index in [9.17, 15) is 0 Å². The fraction of sp³-hybridized carbons (Fsp3) is 0.0317. The van der Waals surface area contributed by atoms with Crippen molar-refractivity contribution in [3.8, 4) is 168 Å². The lowest BCUT2D eigenvalue weighted by atomic mass is 9.33. The maximum Gasteiger partial charge on any atom is 0.252 e. The smallest absolute Gasteiger partial charge is 0.252 e. The lowest BCUT2D eigenvalue weighted by Gasteiger charge is -2.46.